The summed E-state index contributed by atoms with van der Waals surface area (Å²) in [5.41, 5.74) is 0. The maximum atomic E-state index is 11.5. The quantitative estimate of drug-likeness (QED) is 0.348. The second kappa shape index (κ2) is 13.3. The van der Waals surface area contributed by atoms with Gasteiger partial charge in [0, 0.05) is 19.3 Å². The van der Waals surface area contributed by atoms with Crippen LogP contribution >= 0.6 is 0 Å². The Morgan fingerprint density at radius 1 is 0.882 bits per heavy atom. The van der Waals surface area contributed by atoms with Gasteiger partial charge in [0.25, 0.3) is 0 Å². The fourth-order valence-electron chi connectivity index (χ4n) is 1.95. The van der Waals surface area contributed by atoms with E-state index < -0.39 is 0 Å². The van der Waals surface area contributed by atoms with Crippen LogP contribution in [0, 0.1) is 12.3 Å². The van der Waals surface area contributed by atoms with E-state index in [1.54, 1.807) is 0 Å². The number of carbonyl (C=O) groups excluding carboxylic acids is 1. The lowest BCUT2D eigenvalue weighted by Gasteiger charge is -2.01. The summed E-state index contributed by atoms with van der Waals surface area (Å²) in [6, 6.07) is 0. The molecule has 0 unspecified atom stereocenters. The van der Waals surface area contributed by atoms with Crippen molar-refractivity contribution in [2.75, 3.05) is 0 Å². The molecule has 0 fully saturated rings. The van der Waals surface area contributed by atoms with Crippen LogP contribution in [-0.2, 0) is 4.79 Å². The Hall–Kier alpha value is -0.770. The van der Waals surface area contributed by atoms with Crippen molar-refractivity contribution in [1.29, 1.82) is 0 Å². The molecule has 0 saturated heterocycles. The van der Waals surface area contributed by atoms with Crippen molar-refractivity contribution in [3.8, 4) is 12.3 Å². The monoisotopic (exact) mass is 236 g/mol. The van der Waals surface area contributed by atoms with Crippen LogP contribution in [0.2, 0.25) is 0 Å². The molecule has 0 saturated carbocycles. The third-order valence-electron chi connectivity index (χ3n) is 3.09. The standard InChI is InChI=1S/C16H28O/c1-3-5-7-8-9-10-11-13-15-16(17)14-12-6-4-2/h1H,4-15H2,2H3. The third-order valence-corrected chi connectivity index (χ3v) is 3.09. The first-order valence-electron chi connectivity index (χ1n) is 7.26. The highest BCUT2D eigenvalue weighted by Gasteiger charge is 2.00. The van der Waals surface area contributed by atoms with E-state index in [1.165, 1.54) is 38.5 Å². The van der Waals surface area contributed by atoms with Gasteiger partial charge in [-0.2, -0.15) is 0 Å². The van der Waals surface area contributed by atoms with Gasteiger partial charge in [-0.1, -0.05) is 45.4 Å². The topological polar surface area (TPSA) is 17.1 Å². The first-order chi connectivity index (χ1) is 8.31. The number of terminal acetylenes is 1. The molecule has 0 aliphatic heterocycles. The number of Topliss-reactive ketones (excluding diaryl/α,β-unsaturated/α-hetero) is 1. The second-order valence-electron chi connectivity index (χ2n) is 4.82. The Kier molecular flexibility index (Phi) is 12.7. The third kappa shape index (κ3) is 13.2. The van der Waals surface area contributed by atoms with Crippen molar-refractivity contribution in [3.63, 3.8) is 0 Å². The van der Waals surface area contributed by atoms with Gasteiger partial charge < -0.3 is 0 Å². The van der Waals surface area contributed by atoms with E-state index in [2.05, 4.69) is 12.8 Å². The van der Waals surface area contributed by atoms with E-state index >= 15 is 0 Å². The number of carbonyl (C=O) groups is 1. The van der Waals surface area contributed by atoms with E-state index in [-0.39, 0.29) is 0 Å². The number of hydrogen-bond donors (Lipinski definition) is 0. The summed E-state index contributed by atoms with van der Waals surface area (Å²) < 4.78 is 0. The molecule has 1 nitrogen and oxygen atoms in total. The number of hydrogen-bond acceptors (Lipinski definition) is 1. The van der Waals surface area contributed by atoms with Gasteiger partial charge in [-0.25, -0.2) is 0 Å². The molecule has 0 rings (SSSR count). The Morgan fingerprint density at radius 2 is 1.41 bits per heavy atom. The molecule has 17 heavy (non-hydrogen) atoms. The molecular weight excluding hydrogens is 208 g/mol. The predicted octanol–water partition coefficient (Wildman–Crippen LogP) is 4.89. The zero-order valence-electron chi connectivity index (χ0n) is 11.5. The van der Waals surface area contributed by atoms with Crippen LogP contribution in [0.4, 0.5) is 0 Å². The van der Waals surface area contributed by atoms with Crippen LogP contribution in [0.5, 0.6) is 0 Å². The molecule has 0 aliphatic rings. The van der Waals surface area contributed by atoms with Crippen LogP contribution in [0.15, 0.2) is 0 Å². The fraction of sp³-hybridized carbons (Fsp3) is 0.812. The van der Waals surface area contributed by atoms with Crippen molar-refractivity contribution in [1.82, 2.24) is 0 Å². The van der Waals surface area contributed by atoms with Gasteiger partial charge in [0.1, 0.15) is 5.78 Å². The number of rotatable bonds is 12. The maximum absolute atomic E-state index is 11.5. The fourth-order valence-corrected chi connectivity index (χ4v) is 1.95. The molecule has 98 valence electrons. The minimum absolute atomic E-state index is 0.464. The van der Waals surface area contributed by atoms with Crippen LogP contribution in [-0.4, -0.2) is 5.78 Å². The van der Waals surface area contributed by atoms with Gasteiger partial charge in [0.05, 0.1) is 0 Å². The van der Waals surface area contributed by atoms with E-state index in [0.717, 1.165) is 38.5 Å². The van der Waals surface area contributed by atoms with E-state index in [4.69, 9.17) is 6.42 Å². The minimum atomic E-state index is 0.464. The van der Waals surface area contributed by atoms with Gasteiger partial charge in [-0.15, -0.1) is 12.3 Å². The van der Waals surface area contributed by atoms with Gasteiger partial charge >= 0.3 is 0 Å². The Balaban J connectivity index is 3.11. The summed E-state index contributed by atoms with van der Waals surface area (Å²) in [7, 11) is 0. The molecule has 0 amide bonds. The van der Waals surface area contributed by atoms with E-state index in [0.29, 0.717) is 5.78 Å². The van der Waals surface area contributed by atoms with Crippen LogP contribution < -0.4 is 0 Å². The van der Waals surface area contributed by atoms with Crippen molar-refractivity contribution in [2.45, 2.75) is 84.0 Å². The molecule has 0 radical (unpaired) electrons. The van der Waals surface area contributed by atoms with Crippen molar-refractivity contribution < 1.29 is 4.79 Å². The van der Waals surface area contributed by atoms with E-state index in [1.807, 2.05) is 0 Å². The summed E-state index contributed by atoms with van der Waals surface area (Å²) in [6.45, 7) is 2.17. The summed E-state index contributed by atoms with van der Waals surface area (Å²) in [5, 5.41) is 0. The molecule has 0 N–H and O–H groups in total. The summed E-state index contributed by atoms with van der Waals surface area (Å²) in [6.07, 6.45) is 18.4. The smallest absolute Gasteiger partial charge is 0.132 e. The molecule has 1 heteroatoms. The van der Waals surface area contributed by atoms with Gasteiger partial charge in [-0.05, 0) is 19.3 Å². The largest absolute Gasteiger partial charge is 0.300 e. The lowest BCUT2D eigenvalue weighted by atomic mass is 10.0. The molecule has 0 heterocycles. The average molecular weight is 236 g/mol. The van der Waals surface area contributed by atoms with Crippen LogP contribution in [0.25, 0.3) is 0 Å². The molecule has 0 bridgehead atoms. The van der Waals surface area contributed by atoms with E-state index in [9.17, 15) is 4.79 Å². The Morgan fingerprint density at radius 3 is 2.00 bits per heavy atom. The predicted molar refractivity (Wildman–Crippen MR) is 74.9 cm³/mol. The molecule has 0 aromatic heterocycles. The van der Waals surface area contributed by atoms with Gasteiger partial charge in [0.15, 0.2) is 0 Å². The first-order valence-corrected chi connectivity index (χ1v) is 7.26. The lowest BCUT2D eigenvalue weighted by molar-refractivity contribution is -0.119. The Labute approximate surface area is 107 Å². The highest BCUT2D eigenvalue weighted by atomic mass is 16.1. The highest BCUT2D eigenvalue weighted by molar-refractivity contribution is 5.78. The van der Waals surface area contributed by atoms with Crippen LogP contribution in [0.3, 0.4) is 0 Å². The second-order valence-corrected chi connectivity index (χ2v) is 4.82. The maximum Gasteiger partial charge on any atom is 0.132 e. The summed E-state index contributed by atoms with van der Waals surface area (Å²) >= 11 is 0. The molecular formula is C16H28O. The summed E-state index contributed by atoms with van der Waals surface area (Å²) in [4.78, 5) is 11.5. The van der Waals surface area contributed by atoms with Gasteiger partial charge in [-0.3, -0.25) is 4.79 Å². The Bertz CT molecular complexity index is 212. The van der Waals surface area contributed by atoms with Crippen LogP contribution in [0.1, 0.15) is 84.0 Å². The van der Waals surface area contributed by atoms with Crippen molar-refractivity contribution >= 4 is 5.78 Å². The SMILES string of the molecule is C#CCCCCCCCCC(=O)CCCCC. The first kappa shape index (κ1) is 16.2. The normalized spacial score (nSPS) is 10.1. The zero-order chi connectivity index (χ0) is 12.8. The van der Waals surface area contributed by atoms with Gasteiger partial charge in [0.2, 0.25) is 0 Å². The van der Waals surface area contributed by atoms with Crippen molar-refractivity contribution in [2.24, 2.45) is 0 Å². The molecule has 0 aliphatic carbocycles. The highest BCUT2D eigenvalue weighted by Crippen LogP contribution is 2.10. The minimum Gasteiger partial charge on any atom is -0.300 e. The number of ketones is 1. The summed E-state index contributed by atoms with van der Waals surface area (Å²) in [5.74, 6) is 3.13. The zero-order valence-corrected chi connectivity index (χ0v) is 11.5. The molecule has 0 atom stereocenters. The number of unbranched alkanes of at least 4 members (excludes halogenated alkanes) is 8. The molecule has 0 spiro atoms. The molecule has 0 aromatic rings. The average Bonchev–Trinajstić information content (AvgIpc) is 2.33. The van der Waals surface area contributed by atoms with Crippen molar-refractivity contribution in [3.05, 3.63) is 0 Å². The molecule has 0 aromatic carbocycles. The lowest BCUT2D eigenvalue weighted by Crippen LogP contribution is -1.97.